The first-order chi connectivity index (χ1) is 8.34. The van der Waals surface area contributed by atoms with Crippen LogP contribution < -0.4 is 0 Å². The van der Waals surface area contributed by atoms with E-state index in [-0.39, 0.29) is 4.90 Å². The summed E-state index contributed by atoms with van der Waals surface area (Å²) in [6.07, 6.45) is 0.189. The van der Waals surface area contributed by atoms with Crippen molar-refractivity contribution < 1.29 is 13.2 Å². The summed E-state index contributed by atoms with van der Waals surface area (Å²) < 4.78 is 41.7. The molecule has 18 heavy (non-hydrogen) atoms. The van der Waals surface area contributed by atoms with Gasteiger partial charge >= 0.3 is 6.18 Å². The zero-order chi connectivity index (χ0) is 13.5. The Kier molecular flexibility index (Phi) is 3.45. The number of hydrogen-bond donors (Lipinski definition) is 0. The molecule has 0 aliphatic rings. The van der Waals surface area contributed by atoms with Gasteiger partial charge in [0.05, 0.1) is 15.6 Å². The van der Waals surface area contributed by atoms with Gasteiger partial charge in [0, 0.05) is 13.2 Å². The van der Waals surface area contributed by atoms with Crippen molar-refractivity contribution in [3.63, 3.8) is 0 Å². The molecule has 2 heterocycles. The standard InChI is InChI=1S/C9H8BrF3N4S/c1-16-8(17-4-5(10)3-14-17)6(18-2)7(15-16)9(11,12)13/h3-4H,1-2H3. The highest BCUT2D eigenvalue weighted by molar-refractivity contribution is 9.10. The van der Waals surface area contributed by atoms with Crippen LogP contribution in [-0.2, 0) is 13.2 Å². The Labute approximate surface area is 113 Å². The van der Waals surface area contributed by atoms with Gasteiger partial charge in [-0.3, -0.25) is 0 Å². The van der Waals surface area contributed by atoms with E-state index in [2.05, 4.69) is 26.1 Å². The van der Waals surface area contributed by atoms with Gasteiger partial charge in [-0.25, -0.2) is 9.36 Å². The summed E-state index contributed by atoms with van der Waals surface area (Å²) in [6.45, 7) is 0. The molecule has 0 unspecified atom stereocenters. The van der Waals surface area contributed by atoms with Crippen molar-refractivity contribution in [3.8, 4) is 5.82 Å². The van der Waals surface area contributed by atoms with Gasteiger partial charge in [0.2, 0.25) is 0 Å². The molecule has 0 N–H and O–H groups in total. The maximum absolute atomic E-state index is 12.8. The Bertz CT molecular complexity index is 575. The van der Waals surface area contributed by atoms with Crippen LogP contribution in [0.15, 0.2) is 21.8 Å². The molecule has 2 rings (SSSR count). The molecule has 0 radical (unpaired) electrons. The summed E-state index contributed by atoms with van der Waals surface area (Å²) in [6, 6.07) is 0. The fraction of sp³-hybridized carbons (Fsp3) is 0.333. The van der Waals surface area contributed by atoms with E-state index in [1.54, 1.807) is 12.5 Å². The van der Waals surface area contributed by atoms with Crippen LogP contribution in [0, 0.1) is 0 Å². The van der Waals surface area contributed by atoms with Crippen LogP contribution in [-0.4, -0.2) is 25.8 Å². The first kappa shape index (κ1) is 13.5. The molecule has 0 bridgehead atoms. The van der Waals surface area contributed by atoms with Gasteiger partial charge in [0.1, 0.15) is 0 Å². The van der Waals surface area contributed by atoms with Crippen molar-refractivity contribution in [2.24, 2.45) is 7.05 Å². The SMILES string of the molecule is CSc1c(C(F)(F)F)nn(C)c1-n1cc(Br)cn1. The van der Waals surface area contributed by atoms with Crippen molar-refractivity contribution in [1.82, 2.24) is 19.6 Å². The Morgan fingerprint density at radius 2 is 2.06 bits per heavy atom. The normalized spacial score (nSPS) is 12.1. The highest BCUT2D eigenvalue weighted by Gasteiger charge is 2.39. The van der Waals surface area contributed by atoms with Gasteiger partial charge in [-0.05, 0) is 22.2 Å². The quantitative estimate of drug-likeness (QED) is 0.788. The molecule has 0 aliphatic heterocycles. The lowest BCUT2D eigenvalue weighted by molar-refractivity contribution is -0.143. The second-order valence-electron chi connectivity index (χ2n) is 3.43. The molecule has 0 fully saturated rings. The van der Waals surface area contributed by atoms with E-state index in [0.717, 1.165) is 11.8 Å². The van der Waals surface area contributed by atoms with E-state index in [1.165, 1.54) is 22.6 Å². The number of aromatic nitrogens is 4. The summed E-state index contributed by atoms with van der Waals surface area (Å²) in [5.41, 5.74) is -0.890. The van der Waals surface area contributed by atoms with Crippen LogP contribution in [0.3, 0.4) is 0 Å². The van der Waals surface area contributed by atoms with Crippen molar-refractivity contribution in [1.29, 1.82) is 0 Å². The van der Waals surface area contributed by atoms with Crippen molar-refractivity contribution >= 4 is 27.7 Å². The third-order valence-electron chi connectivity index (χ3n) is 2.22. The van der Waals surface area contributed by atoms with Gasteiger partial charge in [0.25, 0.3) is 0 Å². The second-order valence-corrected chi connectivity index (χ2v) is 5.16. The minimum Gasteiger partial charge on any atom is -0.249 e. The smallest absolute Gasteiger partial charge is 0.249 e. The van der Waals surface area contributed by atoms with E-state index >= 15 is 0 Å². The van der Waals surface area contributed by atoms with E-state index in [0.29, 0.717) is 10.3 Å². The largest absolute Gasteiger partial charge is 0.436 e. The Morgan fingerprint density at radius 3 is 2.50 bits per heavy atom. The molecule has 2 aromatic heterocycles. The Balaban J connectivity index is 2.65. The monoisotopic (exact) mass is 340 g/mol. The lowest BCUT2D eigenvalue weighted by Crippen LogP contribution is -2.07. The summed E-state index contributed by atoms with van der Waals surface area (Å²) in [4.78, 5) is 0.0561. The van der Waals surface area contributed by atoms with Crippen LogP contribution >= 0.6 is 27.7 Å². The molecular formula is C9H8BrF3N4S. The number of thioether (sulfide) groups is 1. The molecule has 0 aromatic carbocycles. The molecule has 4 nitrogen and oxygen atoms in total. The fourth-order valence-corrected chi connectivity index (χ4v) is 2.58. The fourth-order valence-electron chi connectivity index (χ4n) is 1.54. The number of aryl methyl sites for hydroxylation is 1. The molecule has 9 heteroatoms. The van der Waals surface area contributed by atoms with E-state index in [9.17, 15) is 13.2 Å². The first-order valence-electron chi connectivity index (χ1n) is 4.73. The van der Waals surface area contributed by atoms with Gasteiger partial charge in [-0.1, -0.05) is 0 Å². The van der Waals surface area contributed by atoms with Crippen LogP contribution in [0.5, 0.6) is 0 Å². The number of nitrogens with zero attached hydrogens (tertiary/aromatic N) is 4. The molecule has 0 atom stereocenters. The first-order valence-corrected chi connectivity index (χ1v) is 6.75. The third-order valence-corrected chi connectivity index (χ3v) is 3.41. The van der Waals surface area contributed by atoms with Gasteiger partial charge in [-0.15, -0.1) is 11.8 Å². The average Bonchev–Trinajstić information content (AvgIpc) is 2.80. The number of halogens is 4. The molecule has 0 aliphatic carbocycles. The summed E-state index contributed by atoms with van der Waals surface area (Å²) in [5, 5.41) is 7.51. The highest BCUT2D eigenvalue weighted by atomic mass is 79.9. The van der Waals surface area contributed by atoms with Crippen molar-refractivity contribution in [2.75, 3.05) is 6.26 Å². The highest BCUT2D eigenvalue weighted by Crippen LogP contribution is 2.38. The minimum atomic E-state index is -4.47. The predicted molar refractivity (Wildman–Crippen MR) is 64.8 cm³/mol. The Morgan fingerprint density at radius 1 is 1.39 bits per heavy atom. The number of rotatable bonds is 2. The molecule has 0 spiro atoms. The molecule has 0 saturated heterocycles. The minimum absolute atomic E-state index is 0.0561. The lowest BCUT2D eigenvalue weighted by atomic mass is 10.4. The van der Waals surface area contributed by atoms with E-state index in [4.69, 9.17) is 0 Å². The van der Waals surface area contributed by atoms with Crippen LogP contribution in [0.25, 0.3) is 5.82 Å². The number of hydrogen-bond acceptors (Lipinski definition) is 3. The molecule has 98 valence electrons. The van der Waals surface area contributed by atoms with E-state index in [1.807, 2.05) is 0 Å². The molecular weight excluding hydrogens is 333 g/mol. The maximum Gasteiger partial charge on any atom is 0.436 e. The predicted octanol–water partition coefficient (Wildman–Crippen LogP) is 3.11. The zero-order valence-electron chi connectivity index (χ0n) is 9.36. The zero-order valence-corrected chi connectivity index (χ0v) is 11.8. The Hall–Kier alpha value is -0.960. The average molecular weight is 341 g/mol. The van der Waals surface area contributed by atoms with Crippen LogP contribution in [0.2, 0.25) is 0 Å². The van der Waals surface area contributed by atoms with Gasteiger partial charge in [0.15, 0.2) is 11.5 Å². The summed E-state index contributed by atoms with van der Waals surface area (Å²) >= 11 is 4.20. The van der Waals surface area contributed by atoms with Crippen molar-refractivity contribution in [3.05, 3.63) is 22.6 Å². The van der Waals surface area contributed by atoms with E-state index < -0.39 is 11.9 Å². The van der Waals surface area contributed by atoms with Gasteiger partial charge < -0.3 is 0 Å². The summed E-state index contributed by atoms with van der Waals surface area (Å²) in [5.74, 6) is 0.292. The van der Waals surface area contributed by atoms with Gasteiger partial charge in [-0.2, -0.15) is 23.4 Å². The summed E-state index contributed by atoms with van der Waals surface area (Å²) in [7, 11) is 1.46. The van der Waals surface area contributed by atoms with Crippen molar-refractivity contribution in [2.45, 2.75) is 11.1 Å². The second kappa shape index (κ2) is 4.61. The lowest BCUT2D eigenvalue weighted by Gasteiger charge is -2.05. The van der Waals surface area contributed by atoms with Crippen LogP contribution in [0.1, 0.15) is 5.69 Å². The maximum atomic E-state index is 12.8. The third kappa shape index (κ3) is 2.28. The topological polar surface area (TPSA) is 35.6 Å². The molecule has 2 aromatic rings. The molecule has 0 saturated carbocycles. The van der Waals surface area contributed by atoms with Crippen LogP contribution in [0.4, 0.5) is 13.2 Å². The number of alkyl halides is 3. The molecule has 0 amide bonds.